The molecule has 0 saturated carbocycles. The van der Waals surface area contributed by atoms with Crippen LogP contribution >= 0.6 is 0 Å². The molecule has 1 aromatic heterocycles. The maximum absolute atomic E-state index is 12.3. The SMILES string of the molecule is CCN(C)C(=O)c1cc2c([nH]1)N(C1=CC([NH2+]C)N(C=O)C=C1)CO2. The molecule has 0 radical (unpaired) electrons. The van der Waals surface area contributed by atoms with Crippen LogP contribution in [0.1, 0.15) is 17.4 Å². The van der Waals surface area contributed by atoms with E-state index in [1.54, 1.807) is 29.1 Å². The molecule has 1 aromatic rings. The molecule has 24 heavy (non-hydrogen) atoms. The normalized spacial score (nSPS) is 19.0. The molecule has 1 unspecified atom stereocenters. The highest BCUT2D eigenvalue weighted by Crippen LogP contribution is 2.37. The number of carbonyl (C=O) groups excluding carboxylic acids is 2. The molecule has 1 atom stereocenters. The first-order valence-corrected chi connectivity index (χ1v) is 7.90. The zero-order chi connectivity index (χ0) is 17.3. The van der Waals surface area contributed by atoms with Gasteiger partial charge in [0.25, 0.3) is 5.91 Å². The van der Waals surface area contributed by atoms with E-state index in [1.165, 1.54) is 0 Å². The molecule has 3 rings (SSSR count). The second-order valence-electron chi connectivity index (χ2n) is 5.70. The Morgan fingerprint density at radius 3 is 3.04 bits per heavy atom. The second kappa shape index (κ2) is 6.40. The van der Waals surface area contributed by atoms with Gasteiger partial charge in [0, 0.05) is 31.9 Å². The number of ether oxygens (including phenoxy) is 1. The molecule has 3 N–H and O–H groups in total. The maximum Gasteiger partial charge on any atom is 0.270 e. The van der Waals surface area contributed by atoms with Crippen LogP contribution in [0.3, 0.4) is 0 Å². The summed E-state index contributed by atoms with van der Waals surface area (Å²) in [7, 11) is 3.67. The van der Waals surface area contributed by atoms with Crippen molar-refractivity contribution in [2.75, 3.05) is 32.3 Å². The lowest BCUT2D eigenvalue weighted by molar-refractivity contribution is -0.667. The summed E-state index contributed by atoms with van der Waals surface area (Å²) in [5.74, 6) is 1.34. The van der Waals surface area contributed by atoms with Crippen LogP contribution in [-0.2, 0) is 4.79 Å². The number of amides is 2. The van der Waals surface area contributed by atoms with Crippen molar-refractivity contribution in [3.8, 4) is 5.75 Å². The average molecular weight is 332 g/mol. The fourth-order valence-electron chi connectivity index (χ4n) is 2.73. The first-order chi connectivity index (χ1) is 11.6. The number of rotatable bonds is 5. The minimum Gasteiger partial charge on any atom is -0.469 e. The summed E-state index contributed by atoms with van der Waals surface area (Å²) in [4.78, 5) is 31.7. The van der Waals surface area contributed by atoms with E-state index in [4.69, 9.17) is 4.74 Å². The van der Waals surface area contributed by atoms with Crippen molar-refractivity contribution in [2.45, 2.75) is 13.1 Å². The lowest BCUT2D eigenvalue weighted by atomic mass is 10.2. The number of allylic oxidation sites excluding steroid dienone is 1. The van der Waals surface area contributed by atoms with Gasteiger partial charge in [-0.2, -0.15) is 0 Å². The molecule has 0 fully saturated rings. The van der Waals surface area contributed by atoms with Gasteiger partial charge in [-0.3, -0.25) is 19.4 Å². The van der Waals surface area contributed by atoms with Crippen LogP contribution in [0.5, 0.6) is 5.75 Å². The van der Waals surface area contributed by atoms with E-state index in [0.717, 1.165) is 17.9 Å². The number of carbonyl (C=O) groups is 2. The Morgan fingerprint density at radius 2 is 2.38 bits per heavy atom. The number of likely N-dealkylation sites (N-methyl/N-ethyl adjacent to an activating group) is 1. The minimum atomic E-state index is -0.103. The molecule has 0 bridgehead atoms. The summed E-state index contributed by atoms with van der Waals surface area (Å²) in [5.41, 5.74) is 1.42. The summed E-state index contributed by atoms with van der Waals surface area (Å²) in [5, 5.41) is 1.94. The minimum absolute atomic E-state index is 0.0736. The number of aromatic nitrogens is 1. The van der Waals surface area contributed by atoms with E-state index in [9.17, 15) is 9.59 Å². The summed E-state index contributed by atoms with van der Waals surface area (Å²) in [6, 6.07) is 1.73. The Kier molecular flexibility index (Phi) is 4.30. The number of hydrogen-bond donors (Lipinski definition) is 2. The van der Waals surface area contributed by atoms with Crippen LogP contribution < -0.4 is 15.0 Å². The molecule has 8 heteroatoms. The summed E-state index contributed by atoms with van der Waals surface area (Å²) >= 11 is 0. The third kappa shape index (κ3) is 2.65. The van der Waals surface area contributed by atoms with Crippen LogP contribution in [0.2, 0.25) is 0 Å². The number of H-pyrrole nitrogens is 1. The number of fused-ring (bicyclic) bond motifs is 1. The topological polar surface area (TPSA) is 85.5 Å². The molecule has 3 heterocycles. The van der Waals surface area contributed by atoms with E-state index in [-0.39, 0.29) is 12.1 Å². The third-order valence-electron chi connectivity index (χ3n) is 4.31. The van der Waals surface area contributed by atoms with E-state index >= 15 is 0 Å². The van der Waals surface area contributed by atoms with Crippen LogP contribution in [0.15, 0.2) is 30.1 Å². The molecule has 0 spiro atoms. The van der Waals surface area contributed by atoms with Crippen molar-refractivity contribution in [1.82, 2.24) is 14.8 Å². The number of quaternary nitrogens is 1. The molecule has 2 amide bonds. The third-order valence-corrected chi connectivity index (χ3v) is 4.31. The zero-order valence-electron chi connectivity index (χ0n) is 14.0. The molecule has 8 nitrogen and oxygen atoms in total. The lowest BCUT2D eigenvalue weighted by Gasteiger charge is -2.26. The number of nitrogens with zero attached hydrogens (tertiary/aromatic N) is 3. The largest absolute Gasteiger partial charge is 0.469 e. The molecular weight excluding hydrogens is 310 g/mol. The zero-order valence-corrected chi connectivity index (χ0v) is 14.0. The fourth-order valence-corrected chi connectivity index (χ4v) is 2.73. The van der Waals surface area contributed by atoms with E-state index in [0.29, 0.717) is 24.7 Å². The van der Waals surface area contributed by atoms with Crippen molar-refractivity contribution >= 4 is 18.1 Å². The first kappa shape index (κ1) is 16.1. The molecule has 0 aliphatic carbocycles. The van der Waals surface area contributed by atoms with Gasteiger partial charge in [-0.15, -0.1) is 0 Å². The number of nitrogens with two attached hydrogens (primary N) is 1. The summed E-state index contributed by atoms with van der Waals surface area (Å²) in [6.45, 7) is 2.93. The van der Waals surface area contributed by atoms with Gasteiger partial charge in [-0.25, -0.2) is 0 Å². The van der Waals surface area contributed by atoms with Crippen molar-refractivity contribution in [3.05, 3.63) is 35.8 Å². The van der Waals surface area contributed by atoms with Crippen LogP contribution in [0.25, 0.3) is 0 Å². The van der Waals surface area contributed by atoms with Gasteiger partial charge in [0.1, 0.15) is 5.69 Å². The monoisotopic (exact) mass is 332 g/mol. The highest BCUT2D eigenvalue weighted by atomic mass is 16.5. The van der Waals surface area contributed by atoms with E-state index < -0.39 is 0 Å². The van der Waals surface area contributed by atoms with Crippen molar-refractivity contribution in [1.29, 1.82) is 0 Å². The number of anilines is 1. The average Bonchev–Trinajstić information content (AvgIpc) is 3.20. The fraction of sp³-hybridized carbons (Fsp3) is 0.375. The van der Waals surface area contributed by atoms with Gasteiger partial charge in [-0.1, -0.05) is 0 Å². The molecule has 128 valence electrons. The van der Waals surface area contributed by atoms with E-state index in [1.807, 2.05) is 36.3 Å². The Balaban J connectivity index is 1.86. The Labute approximate surface area is 140 Å². The standard InChI is InChI=1S/C16H21N5O3/c1-4-19(3)16(23)12-8-13-15(18-12)21(10-24-13)11-5-6-20(9-22)14(7-11)17-2/h5-9,14,17-18H,4,10H2,1-3H3/p+1. The first-order valence-electron chi connectivity index (χ1n) is 7.90. The number of hydrogen-bond acceptors (Lipinski definition) is 4. The molecule has 2 aliphatic rings. The Bertz CT molecular complexity index is 709. The molecule has 0 saturated heterocycles. The highest BCUT2D eigenvalue weighted by Gasteiger charge is 2.30. The predicted molar refractivity (Wildman–Crippen MR) is 88.2 cm³/mol. The molecular formula is C16H22N5O3+. The van der Waals surface area contributed by atoms with Crippen molar-refractivity contribution in [2.24, 2.45) is 0 Å². The van der Waals surface area contributed by atoms with Crippen molar-refractivity contribution in [3.63, 3.8) is 0 Å². The maximum atomic E-state index is 12.3. The Hall–Kier alpha value is -2.74. The van der Waals surface area contributed by atoms with Gasteiger partial charge in [0.05, 0.1) is 12.7 Å². The Morgan fingerprint density at radius 1 is 1.58 bits per heavy atom. The van der Waals surface area contributed by atoms with Gasteiger partial charge < -0.3 is 19.9 Å². The molecule has 2 aliphatic heterocycles. The van der Waals surface area contributed by atoms with Gasteiger partial charge >= 0.3 is 0 Å². The van der Waals surface area contributed by atoms with Crippen LogP contribution in [0, 0.1) is 0 Å². The highest BCUT2D eigenvalue weighted by molar-refractivity contribution is 5.94. The quantitative estimate of drug-likeness (QED) is 0.722. The van der Waals surface area contributed by atoms with Gasteiger partial charge in [0.15, 0.2) is 24.5 Å². The number of nitrogens with one attached hydrogen (secondary N) is 1. The summed E-state index contributed by atoms with van der Waals surface area (Å²) in [6.07, 6.45) is 6.27. The van der Waals surface area contributed by atoms with Crippen molar-refractivity contribution < 1.29 is 19.6 Å². The number of aromatic amines is 1. The molecule has 0 aromatic carbocycles. The van der Waals surface area contributed by atoms with Gasteiger partial charge in [0.2, 0.25) is 6.41 Å². The lowest BCUT2D eigenvalue weighted by Crippen LogP contribution is -2.89. The van der Waals surface area contributed by atoms with E-state index in [2.05, 4.69) is 4.98 Å². The predicted octanol–water partition coefficient (Wildman–Crippen LogP) is -0.348. The van der Waals surface area contributed by atoms with Crippen LogP contribution in [0.4, 0.5) is 5.82 Å². The second-order valence-corrected chi connectivity index (χ2v) is 5.70. The van der Waals surface area contributed by atoms with Crippen LogP contribution in [-0.4, -0.2) is 60.6 Å². The van der Waals surface area contributed by atoms with Gasteiger partial charge in [-0.05, 0) is 13.0 Å². The summed E-state index contributed by atoms with van der Waals surface area (Å²) < 4.78 is 5.69. The smallest absolute Gasteiger partial charge is 0.270 e.